The molecule has 0 aliphatic heterocycles. The number of amides is 1. The number of ketones is 1. The average Bonchev–Trinajstić information content (AvgIpc) is 2.16. The quantitative estimate of drug-likeness (QED) is 0.666. The second-order valence-electron chi connectivity index (χ2n) is 3.33. The molecule has 3 heteroatoms. The zero-order chi connectivity index (χ0) is 10.7. The van der Waals surface area contributed by atoms with Crippen LogP contribution in [0.3, 0.4) is 0 Å². The monoisotopic (exact) mass is 191 g/mol. The second kappa shape index (κ2) is 4.05. The Kier molecular flexibility index (Phi) is 3.02. The van der Waals surface area contributed by atoms with Gasteiger partial charge in [-0.15, -0.1) is 0 Å². The van der Waals surface area contributed by atoms with Crippen molar-refractivity contribution in [2.75, 3.05) is 14.1 Å². The number of Topliss-reactive ketones (excluding diaryl/α,β-unsaturated/α-hetero) is 1. The molecule has 1 aromatic carbocycles. The van der Waals surface area contributed by atoms with Crippen molar-refractivity contribution < 1.29 is 9.59 Å². The summed E-state index contributed by atoms with van der Waals surface area (Å²) in [5.74, 6) is -0.0473. The van der Waals surface area contributed by atoms with Gasteiger partial charge in [0.25, 0.3) is 5.91 Å². The lowest BCUT2D eigenvalue weighted by Crippen LogP contribution is -2.21. The smallest absolute Gasteiger partial charge is 0.253 e. The van der Waals surface area contributed by atoms with E-state index in [0.717, 1.165) is 0 Å². The zero-order valence-corrected chi connectivity index (χ0v) is 8.57. The number of nitrogens with zero attached hydrogens (tertiary/aromatic N) is 1. The van der Waals surface area contributed by atoms with Gasteiger partial charge in [-0.1, -0.05) is 12.1 Å². The van der Waals surface area contributed by atoms with Gasteiger partial charge in [-0.05, 0) is 19.1 Å². The molecule has 1 amide bonds. The maximum atomic E-state index is 11.5. The molecule has 0 saturated heterocycles. The van der Waals surface area contributed by atoms with Crippen LogP contribution in [0.25, 0.3) is 0 Å². The molecule has 1 rings (SSSR count). The van der Waals surface area contributed by atoms with Crippen molar-refractivity contribution in [3.8, 4) is 0 Å². The first-order chi connectivity index (χ1) is 6.52. The molecule has 0 saturated carbocycles. The van der Waals surface area contributed by atoms with E-state index < -0.39 is 0 Å². The van der Waals surface area contributed by atoms with Gasteiger partial charge in [0.15, 0.2) is 5.78 Å². The van der Waals surface area contributed by atoms with Crippen molar-refractivity contribution in [3.05, 3.63) is 35.4 Å². The summed E-state index contributed by atoms with van der Waals surface area (Å²) in [5.41, 5.74) is 1.22. The highest BCUT2D eigenvalue weighted by Crippen LogP contribution is 2.06. The molecule has 1 aromatic rings. The summed E-state index contributed by atoms with van der Waals surface area (Å²) in [6.45, 7) is 1.50. The molecule has 0 fully saturated rings. The van der Waals surface area contributed by atoms with Crippen molar-refractivity contribution >= 4 is 11.7 Å². The number of carbonyl (C=O) groups is 2. The predicted molar refractivity (Wildman–Crippen MR) is 54.5 cm³/mol. The topological polar surface area (TPSA) is 37.4 Å². The van der Waals surface area contributed by atoms with Gasteiger partial charge in [0.1, 0.15) is 0 Å². The third-order valence-electron chi connectivity index (χ3n) is 1.94. The van der Waals surface area contributed by atoms with E-state index in [1.165, 1.54) is 11.8 Å². The zero-order valence-electron chi connectivity index (χ0n) is 8.57. The van der Waals surface area contributed by atoms with Gasteiger partial charge in [-0.3, -0.25) is 9.59 Å². The molecule has 0 unspecified atom stereocenters. The first-order valence-corrected chi connectivity index (χ1v) is 4.35. The standard InChI is InChI=1S/C11H13NO2/c1-8(13)9-4-6-10(7-5-9)11(14)12(2)3/h4-7H,1-3H3. The van der Waals surface area contributed by atoms with E-state index in [4.69, 9.17) is 0 Å². The molecule has 3 nitrogen and oxygen atoms in total. The number of hydrogen-bond acceptors (Lipinski definition) is 2. The van der Waals surface area contributed by atoms with Gasteiger partial charge in [0.05, 0.1) is 0 Å². The van der Waals surface area contributed by atoms with E-state index in [1.807, 2.05) is 0 Å². The molecule has 0 aromatic heterocycles. The number of rotatable bonds is 2. The molecule has 0 atom stereocenters. The van der Waals surface area contributed by atoms with Crippen LogP contribution in [-0.4, -0.2) is 30.7 Å². The summed E-state index contributed by atoms with van der Waals surface area (Å²) in [6.07, 6.45) is 0. The van der Waals surface area contributed by atoms with Crippen molar-refractivity contribution in [1.29, 1.82) is 0 Å². The molecule has 0 spiro atoms. The van der Waals surface area contributed by atoms with Crippen LogP contribution in [0.5, 0.6) is 0 Å². The summed E-state index contributed by atoms with van der Waals surface area (Å²) in [4.78, 5) is 23.9. The van der Waals surface area contributed by atoms with Crippen LogP contribution in [-0.2, 0) is 0 Å². The first kappa shape index (κ1) is 10.4. The van der Waals surface area contributed by atoms with Crippen LogP contribution in [0, 0.1) is 0 Å². The molecule has 0 radical (unpaired) electrons. The van der Waals surface area contributed by atoms with E-state index >= 15 is 0 Å². The normalized spacial score (nSPS) is 9.64. The van der Waals surface area contributed by atoms with Crippen molar-refractivity contribution in [1.82, 2.24) is 4.90 Å². The lowest BCUT2D eigenvalue weighted by atomic mass is 10.1. The fourth-order valence-corrected chi connectivity index (χ4v) is 1.11. The summed E-state index contributed by atoms with van der Waals surface area (Å²) in [5, 5.41) is 0. The minimum atomic E-state index is -0.0555. The Hall–Kier alpha value is -1.64. The second-order valence-corrected chi connectivity index (χ2v) is 3.33. The molecule has 0 heterocycles. The molecule has 0 aliphatic carbocycles. The Labute approximate surface area is 83.3 Å². The Balaban J connectivity index is 2.94. The third kappa shape index (κ3) is 2.19. The minimum Gasteiger partial charge on any atom is -0.345 e. The van der Waals surface area contributed by atoms with E-state index in [1.54, 1.807) is 38.4 Å². The van der Waals surface area contributed by atoms with Gasteiger partial charge in [0, 0.05) is 25.2 Å². The Morgan fingerprint density at radius 2 is 1.43 bits per heavy atom. The lowest BCUT2D eigenvalue weighted by molar-refractivity contribution is 0.0827. The summed E-state index contributed by atoms with van der Waals surface area (Å²) >= 11 is 0. The highest BCUT2D eigenvalue weighted by Gasteiger charge is 2.07. The van der Waals surface area contributed by atoms with Gasteiger partial charge in [0.2, 0.25) is 0 Å². The number of benzene rings is 1. The summed E-state index contributed by atoms with van der Waals surface area (Å²) in [7, 11) is 3.39. The molecule has 14 heavy (non-hydrogen) atoms. The number of carbonyl (C=O) groups excluding carboxylic acids is 2. The van der Waals surface area contributed by atoms with Gasteiger partial charge in [-0.2, -0.15) is 0 Å². The van der Waals surface area contributed by atoms with E-state index in [2.05, 4.69) is 0 Å². The molecular formula is C11H13NO2. The maximum absolute atomic E-state index is 11.5. The fraction of sp³-hybridized carbons (Fsp3) is 0.273. The Morgan fingerprint density at radius 3 is 1.79 bits per heavy atom. The van der Waals surface area contributed by atoms with Crippen LogP contribution in [0.15, 0.2) is 24.3 Å². The Bertz CT molecular complexity index is 352. The fourth-order valence-electron chi connectivity index (χ4n) is 1.11. The van der Waals surface area contributed by atoms with E-state index in [0.29, 0.717) is 11.1 Å². The number of hydrogen-bond donors (Lipinski definition) is 0. The van der Waals surface area contributed by atoms with Crippen LogP contribution < -0.4 is 0 Å². The largest absolute Gasteiger partial charge is 0.345 e. The first-order valence-electron chi connectivity index (χ1n) is 4.35. The predicted octanol–water partition coefficient (Wildman–Crippen LogP) is 1.59. The summed E-state index contributed by atoms with van der Waals surface area (Å²) < 4.78 is 0. The minimum absolute atomic E-state index is 0.00820. The van der Waals surface area contributed by atoms with Crippen LogP contribution in [0.2, 0.25) is 0 Å². The molecule has 74 valence electrons. The molecule has 0 aliphatic rings. The van der Waals surface area contributed by atoms with Gasteiger partial charge < -0.3 is 4.90 Å². The Morgan fingerprint density at radius 1 is 1.00 bits per heavy atom. The summed E-state index contributed by atoms with van der Waals surface area (Å²) in [6, 6.07) is 6.66. The van der Waals surface area contributed by atoms with Crippen LogP contribution in [0.4, 0.5) is 0 Å². The van der Waals surface area contributed by atoms with Crippen LogP contribution in [0.1, 0.15) is 27.6 Å². The highest BCUT2D eigenvalue weighted by molar-refractivity contribution is 5.97. The average molecular weight is 191 g/mol. The SMILES string of the molecule is CC(=O)c1ccc(C(=O)N(C)C)cc1. The van der Waals surface area contributed by atoms with Crippen molar-refractivity contribution in [3.63, 3.8) is 0 Å². The molecular weight excluding hydrogens is 178 g/mol. The van der Waals surface area contributed by atoms with Crippen molar-refractivity contribution in [2.45, 2.75) is 6.92 Å². The van der Waals surface area contributed by atoms with E-state index in [-0.39, 0.29) is 11.7 Å². The molecule has 0 N–H and O–H groups in total. The van der Waals surface area contributed by atoms with E-state index in [9.17, 15) is 9.59 Å². The molecule has 0 bridgehead atoms. The van der Waals surface area contributed by atoms with Gasteiger partial charge >= 0.3 is 0 Å². The van der Waals surface area contributed by atoms with Crippen LogP contribution >= 0.6 is 0 Å². The van der Waals surface area contributed by atoms with Crippen molar-refractivity contribution in [2.24, 2.45) is 0 Å². The third-order valence-corrected chi connectivity index (χ3v) is 1.94. The highest BCUT2D eigenvalue weighted by atomic mass is 16.2. The lowest BCUT2D eigenvalue weighted by Gasteiger charge is -2.09. The van der Waals surface area contributed by atoms with Gasteiger partial charge in [-0.25, -0.2) is 0 Å². The maximum Gasteiger partial charge on any atom is 0.253 e.